The number of unbranched alkanes of at least 4 members (excludes halogenated alkanes) is 18. The van der Waals surface area contributed by atoms with Gasteiger partial charge in [0.15, 0.2) is 0 Å². The van der Waals surface area contributed by atoms with Crippen LogP contribution >= 0.6 is 21.6 Å². The Kier molecular flexibility index (Phi) is 26.0. The molecule has 0 fully saturated rings. The van der Waals surface area contributed by atoms with Crippen molar-refractivity contribution in [2.24, 2.45) is 0 Å². The zero-order valence-electron chi connectivity index (χ0n) is 23.7. The molecule has 0 aromatic carbocycles. The van der Waals surface area contributed by atoms with E-state index in [4.69, 9.17) is 5.11 Å². The molecule has 0 heterocycles. The first-order valence-corrected chi connectivity index (χ1v) is 17.5. The van der Waals surface area contributed by atoms with Crippen molar-refractivity contribution in [1.82, 2.24) is 0 Å². The van der Waals surface area contributed by atoms with Gasteiger partial charge in [0.25, 0.3) is 0 Å². The van der Waals surface area contributed by atoms with Crippen LogP contribution in [0.2, 0.25) is 0 Å². The van der Waals surface area contributed by atoms with Crippen LogP contribution in [-0.4, -0.2) is 32.7 Å². The maximum atomic E-state index is 11.8. The van der Waals surface area contributed by atoms with Crippen molar-refractivity contribution in [2.75, 3.05) is 5.75 Å². The largest absolute Gasteiger partial charge is 0.481 e. The van der Waals surface area contributed by atoms with Gasteiger partial charge in [-0.15, -0.1) is 0 Å². The highest BCUT2D eigenvalue weighted by atomic mass is 33.1. The molecule has 0 aromatic rings. The van der Waals surface area contributed by atoms with Gasteiger partial charge in [0.2, 0.25) is 0 Å². The van der Waals surface area contributed by atoms with Crippen LogP contribution in [-0.2, 0) is 9.59 Å². The van der Waals surface area contributed by atoms with E-state index < -0.39 is 11.9 Å². The summed E-state index contributed by atoms with van der Waals surface area (Å²) < 4.78 is -0.269. The van der Waals surface area contributed by atoms with E-state index in [2.05, 4.69) is 13.8 Å². The van der Waals surface area contributed by atoms with E-state index in [1.807, 2.05) is 0 Å². The van der Waals surface area contributed by atoms with Crippen molar-refractivity contribution in [3.63, 3.8) is 0 Å². The lowest BCUT2D eigenvalue weighted by Gasteiger charge is -2.31. The molecular formula is C30H58O4S2. The SMILES string of the molecule is CCCCCCCCCCCCC(CCCCCCCCCCCC)(CC(=O)O)SSCCC(=O)O. The molecule has 0 amide bonds. The predicted molar refractivity (Wildman–Crippen MR) is 160 cm³/mol. The average molecular weight is 547 g/mol. The van der Waals surface area contributed by atoms with Gasteiger partial charge in [-0.3, -0.25) is 9.59 Å². The van der Waals surface area contributed by atoms with Gasteiger partial charge in [-0.05, 0) is 12.8 Å². The van der Waals surface area contributed by atoms with Crippen molar-refractivity contribution in [3.05, 3.63) is 0 Å². The standard InChI is InChI=1S/C30H58O4S2/c1-3-5-7-9-11-13-15-17-19-21-24-30(27-29(33)34,36-35-26-23-28(31)32)25-22-20-18-16-14-12-10-8-6-4-2/h3-27H2,1-2H3,(H,31,32)(H,33,34). The molecule has 0 aliphatic heterocycles. The smallest absolute Gasteiger partial charge is 0.304 e. The third-order valence-electron chi connectivity index (χ3n) is 7.08. The first kappa shape index (κ1) is 35.6. The maximum Gasteiger partial charge on any atom is 0.304 e. The minimum atomic E-state index is -0.781. The number of hydrogen-bond acceptors (Lipinski definition) is 4. The topological polar surface area (TPSA) is 74.6 Å². The molecule has 0 bridgehead atoms. The molecule has 36 heavy (non-hydrogen) atoms. The third kappa shape index (κ3) is 24.0. The summed E-state index contributed by atoms with van der Waals surface area (Å²) >= 11 is 0. The predicted octanol–water partition coefficient (Wildman–Crippen LogP) is 10.7. The third-order valence-corrected chi connectivity index (χ3v) is 10.4. The van der Waals surface area contributed by atoms with Crippen LogP contribution in [0.15, 0.2) is 0 Å². The zero-order valence-corrected chi connectivity index (χ0v) is 25.3. The Bertz CT molecular complexity index is 489. The Labute approximate surface area is 231 Å². The van der Waals surface area contributed by atoms with Crippen molar-refractivity contribution in [3.8, 4) is 0 Å². The molecule has 0 rings (SSSR count). The van der Waals surface area contributed by atoms with Gasteiger partial charge < -0.3 is 10.2 Å². The maximum absolute atomic E-state index is 11.8. The van der Waals surface area contributed by atoms with E-state index in [0.717, 1.165) is 25.7 Å². The number of carboxylic acid groups (broad SMARTS) is 2. The molecule has 0 atom stereocenters. The summed E-state index contributed by atoms with van der Waals surface area (Å²) in [5.74, 6) is -0.964. The van der Waals surface area contributed by atoms with Crippen LogP contribution < -0.4 is 0 Å². The molecule has 0 aromatic heterocycles. The molecule has 0 radical (unpaired) electrons. The number of aliphatic carboxylic acids is 2. The van der Waals surface area contributed by atoms with Crippen LogP contribution in [0.5, 0.6) is 0 Å². The van der Waals surface area contributed by atoms with Crippen LogP contribution in [0, 0.1) is 0 Å². The summed E-state index contributed by atoms with van der Waals surface area (Å²) in [5.41, 5.74) is 0. The second kappa shape index (κ2) is 26.3. The molecule has 2 N–H and O–H groups in total. The summed E-state index contributed by atoms with van der Waals surface area (Å²) in [4.78, 5) is 22.7. The molecule has 214 valence electrons. The van der Waals surface area contributed by atoms with Crippen LogP contribution in [0.1, 0.15) is 168 Å². The van der Waals surface area contributed by atoms with E-state index in [9.17, 15) is 14.7 Å². The van der Waals surface area contributed by atoms with Gasteiger partial charge >= 0.3 is 11.9 Å². The Morgan fingerprint density at radius 2 is 0.917 bits per heavy atom. The zero-order chi connectivity index (χ0) is 26.7. The van der Waals surface area contributed by atoms with Gasteiger partial charge in [0, 0.05) is 10.5 Å². The summed E-state index contributed by atoms with van der Waals surface area (Å²) in [7, 11) is 3.24. The number of carboxylic acids is 2. The number of hydrogen-bond donors (Lipinski definition) is 2. The lowest BCUT2D eigenvalue weighted by Crippen LogP contribution is -2.28. The quantitative estimate of drug-likeness (QED) is 0.0717. The van der Waals surface area contributed by atoms with Gasteiger partial charge in [0.05, 0.1) is 12.8 Å². The normalized spacial score (nSPS) is 11.7. The van der Waals surface area contributed by atoms with Gasteiger partial charge in [-0.1, -0.05) is 164 Å². The second-order valence-electron chi connectivity index (χ2n) is 10.7. The molecule has 0 saturated heterocycles. The number of rotatable bonds is 29. The molecule has 0 unspecified atom stereocenters. The van der Waals surface area contributed by atoms with E-state index in [1.54, 1.807) is 21.6 Å². The lowest BCUT2D eigenvalue weighted by atomic mass is 9.90. The lowest BCUT2D eigenvalue weighted by molar-refractivity contribution is -0.138. The average Bonchev–Trinajstić information content (AvgIpc) is 2.83. The monoisotopic (exact) mass is 546 g/mol. The summed E-state index contributed by atoms with van der Waals surface area (Å²) in [6, 6.07) is 0. The highest BCUT2D eigenvalue weighted by Crippen LogP contribution is 2.46. The summed E-state index contributed by atoms with van der Waals surface area (Å²) in [5, 5.41) is 18.7. The molecule has 0 aliphatic rings. The fourth-order valence-corrected chi connectivity index (χ4v) is 8.01. The van der Waals surface area contributed by atoms with E-state index >= 15 is 0 Å². The first-order chi connectivity index (χ1) is 17.5. The second-order valence-corrected chi connectivity index (χ2v) is 13.6. The van der Waals surface area contributed by atoms with Crippen molar-refractivity contribution in [2.45, 2.75) is 173 Å². The van der Waals surface area contributed by atoms with Gasteiger partial charge in [-0.25, -0.2) is 0 Å². The van der Waals surface area contributed by atoms with E-state index in [1.165, 1.54) is 116 Å². The minimum Gasteiger partial charge on any atom is -0.481 e. The molecule has 0 saturated carbocycles. The van der Waals surface area contributed by atoms with Crippen molar-refractivity contribution < 1.29 is 19.8 Å². The van der Waals surface area contributed by atoms with Gasteiger partial charge in [0.1, 0.15) is 0 Å². The van der Waals surface area contributed by atoms with Crippen molar-refractivity contribution in [1.29, 1.82) is 0 Å². The Morgan fingerprint density at radius 1 is 0.556 bits per heavy atom. The molecule has 0 spiro atoms. The van der Waals surface area contributed by atoms with E-state index in [-0.39, 0.29) is 17.6 Å². The van der Waals surface area contributed by atoms with E-state index in [0.29, 0.717) is 5.75 Å². The molecular weight excluding hydrogens is 488 g/mol. The minimum absolute atomic E-state index is 0.136. The molecule has 4 nitrogen and oxygen atoms in total. The van der Waals surface area contributed by atoms with Gasteiger partial charge in [-0.2, -0.15) is 0 Å². The first-order valence-electron chi connectivity index (χ1n) is 15.2. The Hall–Kier alpha value is -0.360. The number of carbonyl (C=O) groups is 2. The Morgan fingerprint density at radius 3 is 1.25 bits per heavy atom. The summed E-state index contributed by atoms with van der Waals surface area (Å²) in [6.45, 7) is 4.51. The van der Waals surface area contributed by atoms with Crippen molar-refractivity contribution >= 4 is 33.5 Å². The fraction of sp³-hybridized carbons (Fsp3) is 0.933. The highest BCUT2D eigenvalue weighted by molar-refractivity contribution is 8.77. The van der Waals surface area contributed by atoms with Crippen LogP contribution in [0.3, 0.4) is 0 Å². The highest BCUT2D eigenvalue weighted by Gasteiger charge is 2.33. The fourth-order valence-electron chi connectivity index (χ4n) is 4.86. The van der Waals surface area contributed by atoms with Crippen LogP contribution in [0.25, 0.3) is 0 Å². The molecule has 6 heteroatoms. The van der Waals surface area contributed by atoms with Crippen LogP contribution in [0.4, 0.5) is 0 Å². The molecule has 0 aliphatic carbocycles. The summed E-state index contributed by atoms with van der Waals surface area (Å²) in [6.07, 6.45) is 27.8. The Balaban J connectivity index is 4.46.